The van der Waals surface area contributed by atoms with Crippen molar-refractivity contribution in [3.8, 4) is 11.8 Å². The van der Waals surface area contributed by atoms with Gasteiger partial charge in [-0.1, -0.05) is 6.92 Å². The second-order valence-electron chi connectivity index (χ2n) is 3.21. The lowest BCUT2D eigenvalue weighted by Crippen LogP contribution is -2.07. The van der Waals surface area contributed by atoms with E-state index in [0.29, 0.717) is 25.6 Å². The van der Waals surface area contributed by atoms with Crippen LogP contribution < -0.4 is 4.74 Å². The van der Waals surface area contributed by atoms with Crippen LogP contribution in [-0.4, -0.2) is 19.8 Å². The summed E-state index contributed by atoms with van der Waals surface area (Å²) < 4.78 is 23.3. The Labute approximate surface area is 94.4 Å². The Hall–Kier alpha value is -1.60. The number of halogens is 1. The van der Waals surface area contributed by atoms with Crippen LogP contribution in [0.15, 0.2) is 18.2 Å². The Morgan fingerprint density at radius 2 is 2.12 bits per heavy atom. The van der Waals surface area contributed by atoms with Crippen LogP contribution in [0.5, 0.6) is 5.75 Å². The molecule has 0 radical (unpaired) electrons. The van der Waals surface area contributed by atoms with Gasteiger partial charge in [0.25, 0.3) is 0 Å². The first-order valence-corrected chi connectivity index (χ1v) is 5.18. The summed E-state index contributed by atoms with van der Waals surface area (Å²) in [4.78, 5) is 0. The molecule has 16 heavy (non-hydrogen) atoms. The molecule has 0 saturated carbocycles. The van der Waals surface area contributed by atoms with Crippen molar-refractivity contribution in [1.29, 1.82) is 5.26 Å². The highest BCUT2D eigenvalue weighted by atomic mass is 19.1. The van der Waals surface area contributed by atoms with Gasteiger partial charge in [0.15, 0.2) is 0 Å². The molecule has 0 aliphatic heterocycles. The molecule has 0 aromatic heterocycles. The van der Waals surface area contributed by atoms with Crippen molar-refractivity contribution < 1.29 is 13.9 Å². The average molecular weight is 223 g/mol. The van der Waals surface area contributed by atoms with Crippen LogP contribution in [-0.2, 0) is 4.74 Å². The molecule has 1 aromatic carbocycles. The number of benzene rings is 1. The van der Waals surface area contributed by atoms with Crippen LogP contribution in [0.25, 0.3) is 0 Å². The molecule has 0 amide bonds. The molecular formula is C12H14FNO2. The van der Waals surface area contributed by atoms with Gasteiger partial charge in [0, 0.05) is 6.61 Å². The summed E-state index contributed by atoms with van der Waals surface area (Å²) in [6.45, 7) is 3.54. The summed E-state index contributed by atoms with van der Waals surface area (Å²) in [5.41, 5.74) is 0.204. The van der Waals surface area contributed by atoms with Gasteiger partial charge in [-0.3, -0.25) is 0 Å². The van der Waals surface area contributed by atoms with Gasteiger partial charge in [0.05, 0.1) is 12.2 Å². The molecule has 0 aliphatic carbocycles. The Morgan fingerprint density at radius 1 is 1.31 bits per heavy atom. The van der Waals surface area contributed by atoms with E-state index >= 15 is 0 Å². The number of rotatable bonds is 6. The second kappa shape index (κ2) is 6.81. The van der Waals surface area contributed by atoms with Crippen LogP contribution >= 0.6 is 0 Å². The van der Waals surface area contributed by atoms with Crippen LogP contribution in [0, 0.1) is 17.1 Å². The standard InChI is InChI=1S/C12H14FNO2/c1-2-5-15-6-7-16-12-4-3-11(13)8-10(12)9-14/h3-4,8H,2,5-7H2,1H3. The molecule has 0 N–H and O–H groups in total. The fourth-order valence-electron chi connectivity index (χ4n) is 1.17. The quantitative estimate of drug-likeness (QED) is 0.696. The van der Waals surface area contributed by atoms with Gasteiger partial charge in [0.1, 0.15) is 24.2 Å². The van der Waals surface area contributed by atoms with Crippen molar-refractivity contribution in [2.45, 2.75) is 13.3 Å². The van der Waals surface area contributed by atoms with Gasteiger partial charge in [-0.2, -0.15) is 5.26 Å². The van der Waals surface area contributed by atoms with Crippen LogP contribution in [0.1, 0.15) is 18.9 Å². The van der Waals surface area contributed by atoms with E-state index in [1.807, 2.05) is 13.0 Å². The molecule has 0 unspecified atom stereocenters. The van der Waals surface area contributed by atoms with E-state index < -0.39 is 5.82 Å². The maximum absolute atomic E-state index is 12.8. The molecule has 0 saturated heterocycles. The van der Waals surface area contributed by atoms with E-state index in [0.717, 1.165) is 12.5 Å². The minimum Gasteiger partial charge on any atom is -0.490 e. The predicted molar refractivity (Wildman–Crippen MR) is 57.7 cm³/mol. The fraction of sp³-hybridized carbons (Fsp3) is 0.417. The summed E-state index contributed by atoms with van der Waals surface area (Å²) in [5, 5.41) is 8.76. The van der Waals surface area contributed by atoms with Gasteiger partial charge in [0.2, 0.25) is 0 Å². The van der Waals surface area contributed by atoms with Crippen molar-refractivity contribution in [2.24, 2.45) is 0 Å². The monoisotopic (exact) mass is 223 g/mol. The highest BCUT2D eigenvalue weighted by Gasteiger charge is 2.04. The smallest absolute Gasteiger partial charge is 0.137 e. The maximum atomic E-state index is 12.8. The molecule has 0 spiro atoms. The maximum Gasteiger partial charge on any atom is 0.137 e. The van der Waals surface area contributed by atoms with Gasteiger partial charge in [-0.05, 0) is 24.6 Å². The largest absolute Gasteiger partial charge is 0.490 e. The Bertz CT molecular complexity index is 374. The summed E-state index contributed by atoms with van der Waals surface area (Å²) in [5.74, 6) is -0.0462. The van der Waals surface area contributed by atoms with Crippen LogP contribution in [0.3, 0.4) is 0 Å². The van der Waals surface area contributed by atoms with Crippen LogP contribution in [0.4, 0.5) is 4.39 Å². The third-order valence-electron chi connectivity index (χ3n) is 1.90. The molecular weight excluding hydrogens is 209 g/mol. The highest BCUT2D eigenvalue weighted by Crippen LogP contribution is 2.18. The summed E-state index contributed by atoms with van der Waals surface area (Å²) in [6, 6.07) is 5.76. The zero-order valence-corrected chi connectivity index (χ0v) is 9.20. The number of hydrogen-bond acceptors (Lipinski definition) is 3. The van der Waals surface area contributed by atoms with Crippen molar-refractivity contribution in [3.63, 3.8) is 0 Å². The molecule has 1 rings (SSSR count). The van der Waals surface area contributed by atoms with E-state index in [1.54, 1.807) is 0 Å². The molecule has 0 fully saturated rings. The predicted octanol–water partition coefficient (Wildman–Crippen LogP) is 2.50. The third-order valence-corrected chi connectivity index (χ3v) is 1.90. The molecule has 86 valence electrons. The van der Waals surface area contributed by atoms with Crippen molar-refractivity contribution >= 4 is 0 Å². The van der Waals surface area contributed by atoms with Crippen molar-refractivity contribution in [3.05, 3.63) is 29.6 Å². The molecule has 0 bridgehead atoms. The normalized spacial score (nSPS) is 9.81. The second-order valence-corrected chi connectivity index (χ2v) is 3.21. The molecule has 4 heteroatoms. The van der Waals surface area contributed by atoms with E-state index in [-0.39, 0.29) is 5.56 Å². The molecule has 0 aliphatic rings. The van der Waals surface area contributed by atoms with Crippen molar-refractivity contribution in [1.82, 2.24) is 0 Å². The fourth-order valence-corrected chi connectivity index (χ4v) is 1.17. The van der Waals surface area contributed by atoms with Gasteiger partial charge in [-0.15, -0.1) is 0 Å². The summed E-state index contributed by atoms with van der Waals surface area (Å²) in [6.07, 6.45) is 0.958. The highest BCUT2D eigenvalue weighted by molar-refractivity contribution is 5.42. The molecule has 0 atom stereocenters. The topological polar surface area (TPSA) is 42.2 Å². The SMILES string of the molecule is CCCOCCOc1ccc(F)cc1C#N. The molecule has 1 aromatic rings. The lowest BCUT2D eigenvalue weighted by molar-refractivity contribution is 0.100. The van der Waals surface area contributed by atoms with Gasteiger partial charge in [-0.25, -0.2) is 4.39 Å². The van der Waals surface area contributed by atoms with Crippen molar-refractivity contribution in [2.75, 3.05) is 19.8 Å². The first-order chi connectivity index (χ1) is 7.77. The van der Waals surface area contributed by atoms with Crippen LogP contribution in [0.2, 0.25) is 0 Å². The third kappa shape index (κ3) is 3.87. The zero-order valence-electron chi connectivity index (χ0n) is 9.20. The average Bonchev–Trinajstić information content (AvgIpc) is 2.30. The Morgan fingerprint density at radius 3 is 2.81 bits per heavy atom. The Balaban J connectivity index is 2.45. The van der Waals surface area contributed by atoms with E-state index in [1.165, 1.54) is 12.1 Å². The summed E-state index contributed by atoms with van der Waals surface area (Å²) in [7, 11) is 0. The Kier molecular flexibility index (Phi) is 5.30. The van der Waals surface area contributed by atoms with Gasteiger partial charge >= 0.3 is 0 Å². The molecule has 0 heterocycles. The number of nitriles is 1. The number of hydrogen-bond donors (Lipinski definition) is 0. The lowest BCUT2D eigenvalue weighted by Gasteiger charge is -2.07. The first kappa shape index (κ1) is 12.5. The first-order valence-electron chi connectivity index (χ1n) is 5.18. The lowest BCUT2D eigenvalue weighted by atomic mass is 10.2. The summed E-state index contributed by atoms with van der Waals surface area (Å²) >= 11 is 0. The van der Waals surface area contributed by atoms with Gasteiger partial charge < -0.3 is 9.47 Å². The number of ether oxygens (including phenoxy) is 2. The van der Waals surface area contributed by atoms with E-state index in [4.69, 9.17) is 14.7 Å². The minimum atomic E-state index is -0.439. The van der Waals surface area contributed by atoms with E-state index in [2.05, 4.69) is 0 Å². The van der Waals surface area contributed by atoms with E-state index in [9.17, 15) is 4.39 Å². The zero-order chi connectivity index (χ0) is 11.8. The number of nitrogens with zero attached hydrogens (tertiary/aromatic N) is 1. The molecule has 3 nitrogen and oxygen atoms in total. The minimum absolute atomic E-state index is 0.204.